The number of hydrogen-bond acceptors (Lipinski definition) is 6. The molecule has 0 bridgehead atoms. The van der Waals surface area contributed by atoms with Gasteiger partial charge in [-0.05, 0) is 48.4 Å². The van der Waals surface area contributed by atoms with Crippen molar-refractivity contribution in [2.24, 2.45) is 0 Å². The van der Waals surface area contributed by atoms with Gasteiger partial charge in [0.15, 0.2) is 0 Å². The fraction of sp³-hybridized carbons (Fsp3) is 0.517. The highest BCUT2D eigenvalue weighted by atomic mass is 19.3. The normalized spacial score (nSPS) is 22.1. The van der Waals surface area contributed by atoms with E-state index in [0.717, 1.165) is 5.56 Å². The first-order chi connectivity index (χ1) is 18.4. The summed E-state index contributed by atoms with van der Waals surface area (Å²) in [6.07, 6.45) is 1.81. The number of nitrogens with zero attached hydrogens (tertiary/aromatic N) is 3. The molecule has 1 aromatic heterocycles. The minimum absolute atomic E-state index is 0.105. The van der Waals surface area contributed by atoms with Gasteiger partial charge in [-0.25, -0.2) is 8.78 Å². The Bertz CT molecular complexity index is 1230. The minimum Gasteiger partial charge on any atom is -0.392 e. The number of aliphatic hydroxyl groups is 1. The van der Waals surface area contributed by atoms with Crippen LogP contribution in [-0.2, 0) is 15.0 Å². The number of amides is 2. The number of halogens is 2. The quantitative estimate of drug-likeness (QED) is 0.515. The summed E-state index contributed by atoms with van der Waals surface area (Å²) in [5.41, 5.74) is 1.70. The second-order valence-electron chi connectivity index (χ2n) is 11.5. The van der Waals surface area contributed by atoms with Crippen LogP contribution >= 0.6 is 0 Å². The number of alkyl halides is 2. The number of rotatable bonds is 6. The number of pyridine rings is 1. The topological polar surface area (TPSA) is 118 Å². The highest BCUT2D eigenvalue weighted by Crippen LogP contribution is 2.36. The third kappa shape index (κ3) is 6.60. The summed E-state index contributed by atoms with van der Waals surface area (Å²) < 4.78 is 27.6. The first-order valence-corrected chi connectivity index (χ1v) is 13.3. The van der Waals surface area contributed by atoms with Crippen molar-refractivity contribution in [2.75, 3.05) is 11.4 Å². The Morgan fingerprint density at radius 1 is 1.21 bits per heavy atom. The number of benzene rings is 1. The molecule has 8 nitrogen and oxygen atoms in total. The van der Waals surface area contributed by atoms with E-state index in [-0.39, 0.29) is 55.2 Å². The number of β-amino-alcohol motifs (C(OH)–C–C–N with tert-alkyl or cyclic N) is 1. The molecule has 2 aromatic rings. The average molecular weight is 540 g/mol. The molecule has 1 saturated heterocycles. The highest BCUT2D eigenvalue weighted by Gasteiger charge is 2.42. The Labute approximate surface area is 227 Å². The first-order valence-electron chi connectivity index (χ1n) is 13.3. The number of nitrogens with one attached hydrogen (secondary N) is 2. The Balaban J connectivity index is 1.78. The van der Waals surface area contributed by atoms with Gasteiger partial charge < -0.3 is 15.7 Å². The third-order valence-electron chi connectivity index (χ3n) is 7.49. The lowest BCUT2D eigenvalue weighted by atomic mass is 9.87. The maximum absolute atomic E-state index is 14.0. The molecule has 39 heavy (non-hydrogen) atoms. The zero-order valence-electron chi connectivity index (χ0n) is 22.5. The molecule has 208 valence electrons. The average Bonchev–Trinajstić information content (AvgIpc) is 3.34. The van der Waals surface area contributed by atoms with Gasteiger partial charge in [-0.1, -0.05) is 32.9 Å². The molecule has 1 aliphatic heterocycles. The van der Waals surface area contributed by atoms with Gasteiger partial charge >= 0.3 is 0 Å². The number of nitriles is 1. The van der Waals surface area contributed by atoms with Gasteiger partial charge in [-0.2, -0.15) is 5.26 Å². The molecule has 3 atom stereocenters. The van der Waals surface area contributed by atoms with Crippen molar-refractivity contribution < 1.29 is 23.5 Å². The van der Waals surface area contributed by atoms with Gasteiger partial charge in [0.2, 0.25) is 17.7 Å². The van der Waals surface area contributed by atoms with Crippen molar-refractivity contribution in [1.29, 1.82) is 5.26 Å². The van der Waals surface area contributed by atoms with E-state index in [0.29, 0.717) is 5.69 Å². The van der Waals surface area contributed by atoms with Crippen LogP contribution in [0.15, 0.2) is 42.7 Å². The van der Waals surface area contributed by atoms with Crippen molar-refractivity contribution >= 4 is 17.5 Å². The summed E-state index contributed by atoms with van der Waals surface area (Å²) >= 11 is 0. The van der Waals surface area contributed by atoms with Crippen molar-refractivity contribution in [3.8, 4) is 6.07 Å². The molecule has 2 fully saturated rings. The highest BCUT2D eigenvalue weighted by molar-refractivity contribution is 6.04. The molecular weight excluding hydrogens is 504 g/mol. The predicted molar refractivity (Wildman–Crippen MR) is 142 cm³/mol. The van der Waals surface area contributed by atoms with Crippen molar-refractivity contribution in [3.63, 3.8) is 0 Å². The van der Waals surface area contributed by atoms with Crippen LogP contribution in [0.5, 0.6) is 0 Å². The molecular formula is C29H35F2N5O3. The van der Waals surface area contributed by atoms with Crippen LogP contribution in [0.2, 0.25) is 0 Å². The lowest BCUT2D eigenvalue weighted by Crippen LogP contribution is -2.52. The van der Waals surface area contributed by atoms with E-state index < -0.39 is 42.0 Å². The molecule has 0 radical (unpaired) electrons. The lowest BCUT2D eigenvalue weighted by molar-refractivity contribution is -0.128. The number of carbonyl (C=O) groups is 2. The van der Waals surface area contributed by atoms with Crippen LogP contribution in [0.4, 0.5) is 14.5 Å². The van der Waals surface area contributed by atoms with E-state index >= 15 is 0 Å². The van der Waals surface area contributed by atoms with E-state index in [1.54, 1.807) is 12.1 Å². The first kappa shape index (κ1) is 28.6. The van der Waals surface area contributed by atoms with Crippen molar-refractivity contribution in [3.05, 3.63) is 59.4 Å². The van der Waals surface area contributed by atoms with Crippen LogP contribution in [0, 0.1) is 11.3 Å². The van der Waals surface area contributed by atoms with Crippen LogP contribution < -0.4 is 15.5 Å². The van der Waals surface area contributed by atoms with E-state index in [1.165, 1.54) is 23.4 Å². The van der Waals surface area contributed by atoms with Gasteiger partial charge in [0.25, 0.3) is 0 Å². The van der Waals surface area contributed by atoms with Gasteiger partial charge in [0.05, 0.1) is 23.8 Å². The van der Waals surface area contributed by atoms with Gasteiger partial charge in [-0.15, -0.1) is 0 Å². The molecule has 3 N–H and O–H groups in total. The molecule has 4 rings (SSSR count). The standard InChI is InChI=1S/C29H35F2N5O3/c1-28(2,3)19-4-6-21(7-5-19)36(27(39)24-14-22(37)16-34-24)25(23-17-33-13-10-18(23)15-32)26(38)35-20-8-11-29(30,31)12-9-20/h4-7,10,13,17,20,22,24-25,34,37H,8-9,11-12,14,16H2,1-3H3,(H,35,38)/t22-,24-,25?/m1/s1. The van der Waals surface area contributed by atoms with Gasteiger partial charge in [0, 0.05) is 49.1 Å². The van der Waals surface area contributed by atoms with Crippen LogP contribution in [0.3, 0.4) is 0 Å². The number of hydrogen-bond donors (Lipinski definition) is 3. The van der Waals surface area contributed by atoms with Crippen molar-refractivity contribution in [2.45, 2.75) is 88.4 Å². The summed E-state index contributed by atoms with van der Waals surface area (Å²) in [5, 5.41) is 25.8. The van der Waals surface area contributed by atoms with E-state index in [9.17, 15) is 28.7 Å². The Morgan fingerprint density at radius 3 is 2.44 bits per heavy atom. The molecule has 2 heterocycles. The summed E-state index contributed by atoms with van der Waals surface area (Å²) in [5.74, 6) is -3.79. The van der Waals surface area contributed by atoms with Gasteiger partial charge in [0.1, 0.15) is 6.04 Å². The third-order valence-corrected chi connectivity index (χ3v) is 7.49. The van der Waals surface area contributed by atoms with E-state index in [2.05, 4.69) is 42.5 Å². The van der Waals surface area contributed by atoms with Crippen LogP contribution in [-0.4, -0.2) is 52.6 Å². The molecule has 2 aliphatic rings. The largest absolute Gasteiger partial charge is 0.392 e. The zero-order chi connectivity index (χ0) is 28.4. The SMILES string of the molecule is CC(C)(C)c1ccc(N(C(=O)[C@H]2C[C@@H](O)CN2)C(C(=O)NC2CCC(F)(F)CC2)c2cnccc2C#N)cc1. The summed E-state index contributed by atoms with van der Waals surface area (Å²) in [7, 11) is 0. The Morgan fingerprint density at radius 2 is 1.87 bits per heavy atom. The Kier molecular flexibility index (Phi) is 8.33. The summed E-state index contributed by atoms with van der Waals surface area (Å²) in [4.78, 5) is 33.5. The monoisotopic (exact) mass is 539 g/mol. The smallest absolute Gasteiger partial charge is 0.248 e. The molecule has 1 aliphatic carbocycles. The second kappa shape index (κ2) is 11.4. The van der Waals surface area contributed by atoms with Crippen LogP contribution in [0.1, 0.15) is 75.6 Å². The fourth-order valence-corrected chi connectivity index (χ4v) is 5.19. The Hall–Kier alpha value is -3.42. The van der Waals surface area contributed by atoms with Gasteiger partial charge in [-0.3, -0.25) is 19.5 Å². The molecule has 1 aromatic carbocycles. The second-order valence-corrected chi connectivity index (χ2v) is 11.5. The summed E-state index contributed by atoms with van der Waals surface area (Å²) in [6, 6.07) is 8.31. The summed E-state index contributed by atoms with van der Waals surface area (Å²) in [6.45, 7) is 6.42. The number of carbonyl (C=O) groups excluding carboxylic acids is 2. The maximum Gasteiger partial charge on any atom is 0.248 e. The number of aromatic nitrogens is 1. The van der Waals surface area contributed by atoms with E-state index in [4.69, 9.17) is 0 Å². The van der Waals surface area contributed by atoms with Crippen molar-refractivity contribution in [1.82, 2.24) is 15.6 Å². The number of aliphatic hydroxyl groups excluding tert-OH is 1. The molecule has 10 heteroatoms. The predicted octanol–water partition coefficient (Wildman–Crippen LogP) is 3.74. The lowest BCUT2D eigenvalue weighted by Gasteiger charge is -2.36. The zero-order valence-corrected chi connectivity index (χ0v) is 22.5. The number of anilines is 1. The molecule has 0 spiro atoms. The molecule has 2 amide bonds. The minimum atomic E-state index is -2.76. The van der Waals surface area contributed by atoms with Crippen LogP contribution in [0.25, 0.3) is 0 Å². The fourth-order valence-electron chi connectivity index (χ4n) is 5.19. The van der Waals surface area contributed by atoms with E-state index in [1.807, 2.05) is 12.1 Å². The molecule has 1 saturated carbocycles. The maximum atomic E-state index is 14.0. The molecule has 1 unspecified atom stereocenters.